The Hall–Kier alpha value is -5.53. The van der Waals surface area contributed by atoms with Gasteiger partial charge in [0.1, 0.15) is 24.4 Å². The van der Waals surface area contributed by atoms with Gasteiger partial charge in [-0.15, -0.1) is 0 Å². The highest BCUT2D eigenvalue weighted by Crippen LogP contribution is 2.09. The molecular formula is C46H85N9O28. The zero-order valence-electron chi connectivity index (χ0n) is 45.5. The molecule has 0 spiro atoms. The first-order valence-corrected chi connectivity index (χ1v) is 26.1. The molecule has 0 rings (SSSR count). The molecule has 0 aromatic rings. The number of aliphatic hydroxyl groups is 16. The van der Waals surface area contributed by atoms with E-state index in [1.165, 1.54) is 4.90 Å². The number of rotatable bonds is 48. The minimum atomic E-state index is -2.23. The van der Waals surface area contributed by atoms with Gasteiger partial charge in [-0.05, 0) is 25.7 Å². The van der Waals surface area contributed by atoms with Crippen molar-refractivity contribution in [2.45, 2.75) is 98.9 Å². The number of carboxylic acids is 3. The van der Waals surface area contributed by atoms with Gasteiger partial charge in [-0.3, -0.25) is 57.9 Å². The van der Waals surface area contributed by atoms with Gasteiger partial charge in [-0.25, -0.2) is 0 Å². The van der Waals surface area contributed by atoms with E-state index in [9.17, 15) is 120 Å². The molecule has 0 aromatic heterocycles. The molecular weight excluding hydrogens is 1130 g/mol. The molecule has 0 unspecified atom stereocenters. The summed E-state index contributed by atoms with van der Waals surface area (Å²) in [5.41, 5.74) is 0. The lowest BCUT2D eigenvalue weighted by molar-refractivity contribution is -0.143. The summed E-state index contributed by atoms with van der Waals surface area (Å²) in [5.74, 6) is -11.2. The van der Waals surface area contributed by atoms with Crippen LogP contribution in [0, 0.1) is 0 Å². The predicted octanol–water partition coefficient (Wildman–Crippen LogP) is -14.9. The first-order valence-electron chi connectivity index (χ1n) is 26.1. The number of amides is 6. The van der Waals surface area contributed by atoms with Crippen molar-refractivity contribution in [3.8, 4) is 0 Å². The summed E-state index contributed by atoms with van der Waals surface area (Å²) in [5, 5.41) is 195. The van der Waals surface area contributed by atoms with Crippen molar-refractivity contribution in [3.63, 3.8) is 0 Å². The van der Waals surface area contributed by atoms with Crippen LogP contribution in [0.25, 0.3) is 0 Å². The fourth-order valence-corrected chi connectivity index (χ4v) is 7.49. The summed E-state index contributed by atoms with van der Waals surface area (Å²) in [6, 6.07) is 0. The van der Waals surface area contributed by atoms with Crippen LogP contribution in [0.5, 0.6) is 0 Å². The van der Waals surface area contributed by atoms with Crippen molar-refractivity contribution in [2.75, 3.05) is 138 Å². The Kier molecular flexibility index (Phi) is 39.5. The number of hydrogen-bond donors (Lipinski definition) is 23. The van der Waals surface area contributed by atoms with Crippen molar-refractivity contribution < 1.29 is 140 Å². The van der Waals surface area contributed by atoms with Gasteiger partial charge < -0.3 is 128 Å². The van der Waals surface area contributed by atoms with Crippen molar-refractivity contribution >= 4 is 53.4 Å². The van der Waals surface area contributed by atoms with Crippen LogP contribution in [0.2, 0.25) is 0 Å². The standard InChI is InChI=1S/C46H85N9O28/c56-17-1-26(60)35(72)39(76)43(80)47-5-9-54(10-6-48-44(81)40(77)36(73)27(61)2-18-57)30(64)21-52(24-33(68)69)15-13-51(23-32(66)67)14-16-53(25-34(70)71)22-31(65)55(11-7-49-45(82)41(78)37(74)28(62)3-19-58)12-8-50-46(83)42(79)38(75)29(63)4-20-59/h26-29,35-42,56-63,72-79H,1-25H2,(H,47,80)(H,48,81)(H,49,82)(H,50,83)(H,66,67)(H,68,69)(H,70,71)/t26-,27-,28-,29-,35+,36+,37+,38+,39-,40-,41-,42-/m1/s1. The molecule has 0 fully saturated rings. The van der Waals surface area contributed by atoms with E-state index in [1.54, 1.807) is 0 Å². The Labute approximate surface area is 475 Å². The Morgan fingerprint density at radius 1 is 0.301 bits per heavy atom. The van der Waals surface area contributed by atoms with E-state index in [0.29, 0.717) is 0 Å². The average molecular weight is 1210 g/mol. The molecule has 0 aromatic carbocycles. The van der Waals surface area contributed by atoms with Crippen LogP contribution in [0.1, 0.15) is 25.7 Å². The molecule has 0 aliphatic rings. The topological polar surface area (TPSA) is 602 Å². The minimum Gasteiger partial charge on any atom is -0.480 e. The smallest absolute Gasteiger partial charge is 0.317 e. The van der Waals surface area contributed by atoms with Crippen LogP contribution >= 0.6 is 0 Å². The normalized spacial score (nSPS) is 16.0. The molecule has 83 heavy (non-hydrogen) atoms. The number of carbonyl (C=O) groups is 9. The van der Waals surface area contributed by atoms with Crippen LogP contribution in [-0.4, -0.2) is 386 Å². The molecule has 12 atom stereocenters. The maximum atomic E-state index is 13.8. The third-order valence-electron chi connectivity index (χ3n) is 12.3. The van der Waals surface area contributed by atoms with E-state index in [2.05, 4.69) is 21.3 Å². The van der Waals surface area contributed by atoms with Gasteiger partial charge >= 0.3 is 17.9 Å². The van der Waals surface area contributed by atoms with E-state index in [-0.39, 0.29) is 13.1 Å². The largest absolute Gasteiger partial charge is 0.480 e. The average Bonchev–Trinajstić information content (AvgIpc) is 3.43. The van der Waals surface area contributed by atoms with E-state index in [4.69, 9.17) is 20.4 Å². The lowest BCUT2D eigenvalue weighted by Gasteiger charge is -2.31. The summed E-state index contributed by atoms with van der Waals surface area (Å²) >= 11 is 0. The van der Waals surface area contributed by atoms with E-state index in [1.807, 2.05) is 0 Å². The van der Waals surface area contributed by atoms with Gasteiger partial charge in [0.05, 0.1) is 57.1 Å². The highest BCUT2D eigenvalue weighted by molar-refractivity contribution is 5.84. The molecule has 6 amide bonds. The second kappa shape index (κ2) is 42.3. The van der Waals surface area contributed by atoms with Gasteiger partial charge in [0.15, 0.2) is 24.4 Å². The number of nitrogens with one attached hydrogen (secondary N) is 4. The van der Waals surface area contributed by atoms with Crippen LogP contribution in [0.3, 0.4) is 0 Å². The first-order chi connectivity index (χ1) is 39.0. The Balaban J connectivity index is 6.53. The van der Waals surface area contributed by atoms with Gasteiger partial charge in [0.2, 0.25) is 11.8 Å². The van der Waals surface area contributed by atoms with Gasteiger partial charge in [-0.1, -0.05) is 0 Å². The maximum Gasteiger partial charge on any atom is 0.317 e. The lowest BCUT2D eigenvalue weighted by atomic mass is 10.1. The van der Waals surface area contributed by atoms with Crippen molar-refractivity contribution in [3.05, 3.63) is 0 Å². The molecule has 482 valence electrons. The van der Waals surface area contributed by atoms with E-state index < -0.39 is 277 Å². The monoisotopic (exact) mass is 1210 g/mol. The number of nitrogens with zero attached hydrogens (tertiary/aromatic N) is 5. The number of carboxylic acid groups (broad SMARTS) is 3. The Bertz CT molecular complexity index is 1760. The van der Waals surface area contributed by atoms with E-state index >= 15 is 0 Å². The number of carbonyl (C=O) groups excluding carboxylic acids is 6. The summed E-state index contributed by atoms with van der Waals surface area (Å²) in [7, 11) is 0. The molecule has 0 saturated carbocycles. The second-order valence-corrected chi connectivity index (χ2v) is 18.9. The zero-order chi connectivity index (χ0) is 63.5. The first kappa shape index (κ1) is 77.5. The summed E-state index contributed by atoms with van der Waals surface area (Å²) < 4.78 is 0. The van der Waals surface area contributed by atoms with Crippen LogP contribution in [0.4, 0.5) is 0 Å². The summed E-state index contributed by atoms with van der Waals surface area (Å²) in [4.78, 5) is 119. The number of aliphatic hydroxyl groups excluding tert-OH is 16. The fourth-order valence-electron chi connectivity index (χ4n) is 7.49. The highest BCUT2D eigenvalue weighted by atomic mass is 16.4. The fraction of sp³-hybridized carbons (Fsp3) is 0.804. The number of hydrogen-bond acceptors (Lipinski definition) is 28. The highest BCUT2D eigenvalue weighted by Gasteiger charge is 2.34. The van der Waals surface area contributed by atoms with Gasteiger partial charge in [-0.2, -0.15) is 0 Å². The molecule has 37 nitrogen and oxygen atoms in total. The lowest BCUT2D eigenvalue weighted by Crippen LogP contribution is -2.52. The SMILES string of the molecule is O=C(O)CN(CCN(CC(=O)O)CC(=O)N(CCNC(=O)[C@H](O)[C@@H](O)[C@H](O)CCO)CCNC(=O)[C@H](O)[C@@H](O)[C@H](O)CCO)CCN(CC(=O)O)CC(=O)N(CCNC(=O)[C@H](O)[C@@H](O)[C@H](O)CCO)CCNC(=O)[C@H](O)[C@@H](O)[C@H](O)CCO. The molecule has 23 N–H and O–H groups in total. The van der Waals surface area contributed by atoms with Crippen molar-refractivity contribution in [2.24, 2.45) is 0 Å². The minimum absolute atomic E-state index is 0.362. The quantitative estimate of drug-likeness (QED) is 0.0269. The second-order valence-electron chi connectivity index (χ2n) is 18.9. The Morgan fingerprint density at radius 2 is 0.506 bits per heavy atom. The Morgan fingerprint density at radius 3 is 0.711 bits per heavy atom. The van der Waals surface area contributed by atoms with Gasteiger partial charge in [0, 0.05) is 105 Å². The van der Waals surface area contributed by atoms with E-state index in [0.717, 1.165) is 19.6 Å². The summed E-state index contributed by atoms with van der Waals surface area (Å²) in [6.07, 6.45) is -25.7. The molecule has 0 aliphatic carbocycles. The molecule has 0 heterocycles. The van der Waals surface area contributed by atoms with Gasteiger partial charge in [0.25, 0.3) is 23.6 Å². The van der Waals surface area contributed by atoms with Crippen LogP contribution < -0.4 is 21.3 Å². The zero-order valence-corrected chi connectivity index (χ0v) is 45.5. The van der Waals surface area contributed by atoms with Crippen molar-refractivity contribution in [1.29, 1.82) is 0 Å². The molecule has 0 saturated heterocycles. The predicted molar refractivity (Wildman–Crippen MR) is 276 cm³/mol. The molecule has 37 heteroatoms. The van der Waals surface area contributed by atoms with Crippen LogP contribution in [0.15, 0.2) is 0 Å². The third kappa shape index (κ3) is 31.3. The third-order valence-corrected chi connectivity index (χ3v) is 12.3. The maximum absolute atomic E-state index is 13.8. The number of aliphatic carboxylic acids is 3. The summed E-state index contributed by atoms with van der Waals surface area (Å²) in [6.45, 7) is -11.9. The molecule has 0 aliphatic heterocycles. The van der Waals surface area contributed by atoms with Crippen LogP contribution in [-0.2, 0) is 43.2 Å². The molecule has 0 radical (unpaired) electrons. The molecule has 0 bridgehead atoms. The van der Waals surface area contributed by atoms with Crippen molar-refractivity contribution in [1.82, 2.24) is 45.8 Å².